The summed E-state index contributed by atoms with van der Waals surface area (Å²) in [6.07, 6.45) is -4.48. The van der Waals surface area contributed by atoms with Gasteiger partial charge >= 0.3 is 6.18 Å². The second-order valence-corrected chi connectivity index (χ2v) is 6.99. The summed E-state index contributed by atoms with van der Waals surface area (Å²) >= 11 is 0. The zero-order chi connectivity index (χ0) is 16.4. The highest BCUT2D eigenvalue weighted by molar-refractivity contribution is 7.89. The molecule has 0 spiro atoms. The molecule has 1 aliphatic rings. The average molecular weight is 337 g/mol. The van der Waals surface area contributed by atoms with E-state index < -0.39 is 21.8 Å². The number of piperazine rings is 1. The summed E-state index contributed by atoms with van der Waals surface area (Å²) in [6, 6.07) is 3.59. The molecule has 9 heteroatoms. The minimum absolute atomic E-state index is 0.118. The summed E-state index contributed by atoms with van der Waals surface area (Å²) < 4.78 is 63.7. The topological polar surface area (TPSA) is 66.6 Å². The van der Waals surface area contributed by atoms with Gasteiger partial charge in [0.2, 0.25) is 10.0 Å². The molecule has 0 amide bonds. The van der Waals surface area contributed by atoms with Gasteiger partial charge in [0.1, 0.15) is 0 Å². The van der Waals surface area contributed by atoms with E-state index in [-0.39, 0.29) is 4.90 Å². The lowest BCUT2D eigenvalue weighted by Crippen LogP contribution is -2.49. The molecular weight excluding hydrogens is 319 g/mol. The van der Waals surface area contributed by atoms with Crippen molar-refractivity contribution in [2.24, 2.45) is 5.73 Å². The Kier molecular flexibility index (Phi) is 5.10. The van der Waals surface area contributed by atoms with Gasteiger partial charge in [0.05, 0.1) is 10.5 Å². The molecule has 5 nitrogen and oxygen atoms in total. The standard InChI is InChI=1S/C13H18F3N3O2S/c14-13(15,16)11-1-3-12(4-2-11)22(20,21)19-9-7-18(6-5-17)8-10-19/h1-4H,5-10,17H2. The monoisotopic (exact) mass is 337 g/mol. The Bertz CT molecular complexity index is 594. The summed E-state index contributed by atoms with van der Waals surface area (Å²) in [5, 5.41) is 0. The average Bonchev–Trinajstić information content (AvgIpc) is 2.47. The Morgan fingerprint density at radius 3 is 2.05 bits per heavy atom. The van der Waals surface area contributed by atoms with Crippen molar-refractivity contribution in [1.29, 1.82) is 0 Å². The number of nitrogens with zero attached hydrogens (tertiary/aromatic N) is 2. The number of hydrogen-bond acceptors (Lipinski definition) is 4. The molecule has 0 radical (unpaired) electrons. The third kappa shape index (κ3) is 3.78. The maximum absolute atomic E-state index is 12.5. The Hall–Kier alpha value is -1.16. The van der Waals surface area contributed by atoms with E-state index in [0.29, 0.717) is 39.3 Å². The Morgan fingerprint density at radius 2 is 1.59 bits per heavy atom. The number of benzene rings is 1. The molecule has 1 aliphatic heterocycles. The maximum Gasteiger partial charge on any atom is 0.416 e. The summed E-state index contributed by atoms with van der Waals surface area (Å²) in [5.41, 5.74) is 4.59. The van der Waals surface area contributed by atoms with Crippen LogP contribution < -0.4 is 5.73 Å². The minimum Gasteiger partial charge on any atom is -0.329 e. The van der Waals surface area contributed by atoms with Crippen molar-refractivity contribution in [2.75, 3.05) is 39.3 Å². The van der Waals surface area contributed by atoms with Gasteiger partial charge in [-0.3, -0.25) is 4.90 Å². The fourth-order valence-electron chi connectivity index (χ4n) is 2.34. The van der Waals surface area contributed by atoms with Crippen molar-refractivity contribution in [3.05, 3.63) is 29.8 Å². The second-order valence-electron chi connectivity index (χ2n) is 5.06. The van der Waals surface area contributed by atoms with Gasteiger partial charge in [0.15, 0.2) is 0 Å². The van der Waals surface area contributed by atoms with E-state index in [9.17, 15) is 21.6 Å². The van der Waals surface area contributed by atoms with Gasteiger partial charge in [-0.25, -0.2) is 8.42 Å². The van der Waals surface area contributed by atoms with E-state index in [4.69, 9.17) is 5.73 Å². The molecule has 2 rings (SSSR count). The smallest absolute Gasteiger partial charge is 0.329 e. The van der Waals surface area contributed by atoms with Gasteiger partial charge in [-0.1, -0.05) is 0 Å². The molecule has 1 saturated heterocycles. The van der Waals surface area contributed by atoms with Crippen LogP contribution in [0.3, 0.4) is 0 Å². The van der Waals surface area contributed by atoms with Crippen LogP contribution in [0, 0.1) is 0 Å². The van der Waals surface area contributed by atoms with Crippen LogP contribution in [-0.4, -0.2) is 56.9 Å². The predicted molar refractivity (Wildman–Crippen MR) is 75.7 cm³/mol. The van der Waals surface area contributed by atoms with Gasteiger partial charge in [0.25, 0.3) is 0 Å². The third-order valence-electron chi connectivity index (χ3n) is 3.60. The lowest BCUT2D eigenvalue weighted by molar-refractivity contribution is -0.137. The Labute approximate surface area is 127 Å². The van der Waals surface area contributed by atoms with E-state index in [1.54, 1.807) is 0 Å². The summed E-state index contributed by atoms with van der Waals surface area (Å²) in [5.74, 6) is 0. The molecular formula is C13H18F3N3O2S. The summed E-state index contributed by atoms with van der Waals surface area (Å²) in [7, 11) is -3.75. The quantitative estimate of drug-likeness (QED) is 0.889. The van der Waals surface area contributed by atoms with Crippen molar-refractivity contribution in [3.63, 3.8) is 0 Å². The first-order valence-corrected chi connectivity index (χ1v) is 8.29. The van der Waals surface area contributed by atoms with Crippen molar-refractivity contribution >= 4 is 10.0 Å². The van der Waals surface area contributed by atoms with Gasteiger partial charge in [-0.15, -0.1) is 0 Å². The molecule has 1 aromatic rings. The van der Waals surface area contributed by atoms with Crippen molar-refractivity contribution in [3.8, 4) is 0 Å². The molecule has 0 bridgehead atoms. The van der Waals surface area contributed by atoms with Crippen LogP contribution in [0.5, 0.6) is 0 Å². The fraction of sp³-hybridized carbons (Fsp3) is 0.538. The minimum atomic E-state index is -4.48. The molecule has 2 N–H and O–H groups in total. The molecule has 0 aromatic heterocycles. The highest BCUT2D eigenvalue weighted by atomic mass is 32.2. The number of sulfonamides is 1. The number of halogens is 3. The van der Waals surface area contributed by atoms with Crippen LogP contribution in [-0.2, 0) is 16.2 Å². The molecule has 1 aromatic carbocycles. The molecule has 22 heavy (non-hydrogen) atoms. The van der Waals surface area contributed by atoms with Gasteiger partial charge < -0.3 is 5.73 Å². The predicted octanol–water partition coefficient (Wildman–Crippen LogP) is 0.970. The SMILES string of the molecule is NCCN1CCN(S(=O)(=O)c2ccc(C(F)(F)F)cc2)CC1. The van der Waals surface area contributed by atoms with Crippen molar-refractivity contribution in [1.82, 2.24) is 9.21 Å². The van der Waals surface area contributed by atoms with Crippen molar-refractivity contribution < 1.29 is 21.6 Å². The van der Waals surface area contributed by atoms with Gasteiger partial charge in [0, 0.05) is 39.3 Å². The van der Waals surface area contributed by atoms with Gasteiger partial charge in [-0.05, 0) is 24.3 Å². The normalized spacial score (nSPS) is 18.5. The van der Waals surface area contributed by atoms with E-state index in [1.165, 1.54) is 4.31 Å². The lowest BCUT2D eigenvalue weighted by Gasteiger charge is -2.33. The van der Waals surface area contributed by atoms with E-state index in [0.717, 1.165) is 24.3 Å². The van der Waals surface area contributed by atoms with Crippen molar-refractivity contribution in [2.45, 2.75) is 11.1 Å². The lowest BCUT2D eigenvalue weighted by atomic mass is 10.2. The van der Waals surface area contributed by atoms with Crippen LogP contribution in [0.25, 0.3) is 0 Å². The first kappa shape index (κ1) is 17.2. The summed E-state index contributed by atoms with van der Waals surface area (Å²) in [6.45, 7) is 2.96. The number of alkyl halides is 3. The Balaban J connectivity index is 2.11. The first-order valence-electron chi connectivity index (χ1n) is 6.85. The maximum atomic E-state index is 12.5. The highest BCUT2D eigenvalue weighted by Crippen LogP contribution is 2.30. The van der Waals surface area contributed by atoms with Crippen LogP contribution in [0.4, 0.5) is 13.2 Å². The highest BCUT2D eigenvalue weighted by Gasteiger charge is 2.32. The zero-order valence-corrected chi connectivity index (χ0v) is 12.7. The molecule has 0 unspecified atom stereocenters. The molecule has 1 fully saturated rings. The molecule has 0 saturated carbocycles. The van der Waals surface area contributed by atoms with E-state index >= 15 is 0 Å². The van der Waals surface area contributed by atoms with E-state index in [1.807, 2.05) is 0 Å². The fourth-order valence-corrected chi connectivity index (χ4v) is 3.76. The summed E-state index contributed by atoms with van der Waals surface area (Å²) in [4.78, 5) is 1.94. The number of hydrogen-bond donors (Lipinski definition) is 1. The van der Waals surface area contributed by atoms with Crippen LogP contribution >= 0.6 is 0 Å². The number of rotatable bonds is 4. The van der Waals surface area contributed by atoms with Crippen LogP contribution in [0.15, 0.2) is 29.2 Å². The Morgan fingerprint density at radius 1 is 1.05 bits per heavy atom. The molecule has 124 valence electrons. The zero-order valence-electron chi connectivity index (χ0n) is 11.9. The first-order chi connectivity index (χ1) is 10.2. The largest absolute Gasteiger partial charge is 0.416 e. The molecule has 0 aliphatic carbocycles. The van der Waals surface area contributed by atoms with E-state index in [2.05, 4.69) is 4.90 Å². The second kappa shape index (κ2) is 6.53. The molecule has 0 atom stereocenters. The number of nitrogens with two attached hydrogens (primary N) is 1. The molecule has 1 heterocycles. The third-order valence-corrected chi connectivity index (χ3v) is 5.51. The van der Waals surface area contributed by atoms with Gasteiger partial charge in [-0.2, -0.15) is 17.5 Å². The van der Waals surface area contributed by atoms with Crippen LogP contribution in [0.2, 0.25) is 0 Å². The van der Waals surface area contributed by atoms with Crippen LogP contribution in [0.1, 0.15) is 5.56 Å².